The average molecular weight is 312 g/mol. The predicted octanol–water partition coefficient (Wildman–Crippen LogP) is 0.558. The van der Waals surface area contributed by atoms with E-state index in [-0.39, 0.29) is 35.5 Å². The molecule has 0 unspecified atom stereocenters. The van der Waals surface area contributed by atoms with Crippen LogP contribution in [-0.4, -0.2) is 27.8 Å². The molecule has 2 N–H and O–H groups in total. The molecular weight excluding hydrogens is 296 g/mol. The number of hydrazine groups is 1. The molecule has 1 aliphatic heterocycles. The van der Waals surface area contributed by atoms with Gasteiger partial charge in [-0.25, -0.2) is 0 Å². The lowest BCUT2D eigenvalue weighted by Crippen LogP contribution is -2.49. The third-order valence-electron chi connectivity index (χ3n) is 5.06. The van der Waals surface area contributed by atoms with Crippen molar-refractivity contribution in [1.82, 2.24) is 10.4 Å². The SMILES string of the molecule is O=C(NN1C(=O)[C@@H]2[C@H](C1=O)[C@H]1C=C[C@H]2C1)[C@H](O)c1ccccc1. The van der Waals surface area contributed by atoms with Gasteiger partial charge >= 0.3 is 0 Å². The first kappa shape index (κ1) is 14.1. The van der Waals surface area contributed by atoms with Crippen molar-refractivity contribution in [3.8, 4) is 0 Å². The first-order chi connectivity index (χ1) is 11.1. The van der Waals surface area contributed by atoms with E-state index in [1.54, 1.807) is 30.3 Å². The quantitative estimate of drug-likeness (QED) is 0.631. The van der Waals surface area contributed by atoms with Crippen LogP contribution in [0.2, 0.25) is 0 Å². The fourth-order valence-corrected chi connectivity index (χ4v) is 3.97. The molecule has 118 valence electrons. The van der Waals surface area contributed by atoms with Crippen molar-refractivity contribution in [3.63, 3.8) is 0 Å². The van der Waals surface area contributed by atoms with Gasteiger partial charge in [-0.05, 0) is 23.8 Å². The van der Waals surface area contributed by atoms with Crippen LogP contribution in [0.4, 0.5) is 0 Å². The van der Waals surface area contributed by atoms with Crippen molar-refractivity contribution >= 4 is 17.7 Å². The van der Waals surface area contributed by atoms with Crippen LogP contribution in [0, 0.1) is 23.7 Å². The van der Waals surface area contributed by atoms with E-state index in [1.165, 1.54) is 0 Å². The summed E-state index contributed by atoms with van der Waals surface area (Å²) < 4.78 is 0. The van der Waals surface area contributed by atoms with Crippen molar-refractivity contribution in [1.29, 1.82) is 0 Å². The Morgan fingerprint density at radius 1 is 1.09 bits per heavy atom. The first-order valence-corrected chi connectivity index (χ1v) is 7.67. The highest BCUT2D eigenvalue weighted by molar-refractivity contribution is 6.07. The van der Waals surface area contributed by atoms with E-state index < -0.39 is 12.0 Å². The van der Waals surface area contributed by atoms with Crippen LogP contribution in [0.3, 0.4) is 0 Å². The highest BCUT2D eigenvalue weighted by Crippen LogP contribution is 2.52. The number of rotatable bonds is 3. The maximum Gasteiger partial charge on any atom is 0.272 e. The molecule has 4 rings (SSSR count). The molecule has 0 aromatic heterocycles. The summed E-state index contributed by atoms with van der Waals surface area (Å²) in [5.41, 5.74) is 2.70. The van der Waals surface area contributed by atoms with E-state index >= 15 is 0 Å². The first-order valence-electron chi connectivity index (χ1n) is 7.67. The molecule has 1 saturated carbocycles. The highest BCUT2D eigenvalue weighted by Gasteiger charge is 2.59. The number of allylic oxidation sites excluding steroid dienone is 2. The van der Waals surface area contributed by atoms with E-state index in [0.717, 1.165) is 11.4 Å². The lowest BCUT2D eigenvalue weighted by atomic mass is 9.85. The van der Waals surface area contributed by atoms with Crippen molar-refractivity contribution in [2.24, 2.45) is 23.7 Å². The molecule has 23 heavy (non-hydrogen) atoms. The van der Waals surface area contributed by atoms with Crippen LogP contribution in [0.1, 0.15) is 18.1 Å². The van der Waals surface area contributed by atoms with Crippen LogP contribution in [-0.2, 0) is 14.4 Å². The summed E-state index contributed by atoms with van der Waals surface area (Å²) in [4.78, 5) is 37.1. The smallest absolute Gasteiger partial charge is 0.272 e. The van der Waals surface area contributed by atoms with Crippen molar-refractivity contribution in [2.45, 2.75) is 12.5 Å². The zero-order chi connectivity index (χ0) is 16.1. The standard InChI is InChI=1S/C17H16N2O4/c20-14(9-4-2-1-3-5-9)15(21)18-19-16(22)12-10-6-7-11(8-10)13(12)17(19)23/h1-7,10-14,20H,8H2,(H,18,21)/t10-,11-,12-,13+,14+/m0/s1. The number of hydrogen-bond acceptors (Lipinski definition) is 4. The minimum absolute atomic E-state index is 0.0856. The normalized spacial score (nSPS) is 32.3. The zero-order valence-corrected chi connectivity index (χ0v) is 12.3. The molecule has 3 amide bonds. The summed E-state index contributed by atoms with van der Waals surface area (Å²) in [6, 6.07) is 8.39. The predicted molar refractivity (Wildman–Crippen MR) is 79.1 cm³/mol. The van der Waals surface area contributed by atoms with Crippen molar-refractivity contribution < 1.29 is 19.5 Å². The van der Waals surface area contributed by atoms with Gasteiger partial charge in [-0.3, -0.25) is 19.8 Å². The molecular formula is C17H16N2O4. The number of carbonyl (C=O) groups is 3. The van der Waals surface area contributed by atoms with Gasteiger partial charge in [0, 0.05) is 0 Å². The van der Waals surface area contributed by atoms with Gasteiger partial charge in [-0.2, -0.15) is 5.01 Å². The summed E-state index contributed by atoms with van der Waals surface area (Å²) in [5, 5.41) is 10.9. The Morgan fingerprint density at radius 2 is 1.65 bits per heavy atom. The molecule has 3 aliphatic rings. The maximum absolute atomic E-state index is 12.5. The van der Waals surface area contributed by atoms with E-state index in [9.17, 15) is 19.5 Å². The molecule has 6 nitrogen and oxygen atoms in total. The summed E-state index contributed by atoms with van der Waals surface area (Å²) >= 11 is 0. The topological polar surface area (TPSA) is 86.7 Å². The lowest BCUT2D eigenvalue weighted by Gasteiger charge is -2.20. The van der Waals surface area contributed by atoms with E-state index in [2.05, 4.69) is 5.43 Å². The van der Waals surface area contributed by atoms with Crippen LogP contribution in [0.15, 0.2) is 42.5 Å². The molecule has 2 bridgehead atoms. The monoisotopic (exact) mass is 312 g/mol. The van der Waals surface area contributed by atoms with Gasteiger partial charge in [0.1, 0.15) is 0 Å². The molecule has 0 radical (unpaired) electrons. The zero-order valence-electron chi connectivity index (χ0n) is 12.3. The average Bonchev–Trinajstić information content (AvgIpc) is 3.24. The summed E-state index contributed by atoms with van der Waals surface area (Å²) in [5.74, 6) is -2.09. The van der Waals surface area contributed by atoms with Crippen LogP contribution in [0.5, 0.6) is 0 Å². The molecule has 1 aromatic carbocycles. The Kier molecular flexibility index (Phi) is 3.09. The molecule has 2 aliphatic carbocycles. The molecule has 6 heteroatoms. The minimum atomic E-state index is -1.42. The van der Waals surface area contributed by atoms with Gasteiger partial charge in [-0.15, -0.1) is 0 Å². The number of fused-ring (bicyclic) bond motifs is 5. The van der Waals surface area contributed by atoms with Crippen LogP contribution in [0.25, 0.3) is 0 Å². The second kappa shape index (κ2) is 5.03. The van der Waals surface area contributed by atoms with Crippen molar-refractivity contribution in [2.75, 3.05) is 0 Å². The molecule has 1 heterocycles. The molecule has 5 atom stereocenters. The Morgan fingerprint density at radius 3 is 2.22 bits per heavy atom. The van der Waals surface area contributed by atoms with Gasteiger partial charge < -0.3 is 5.11 Å². The largest absolute Gasteiger partial charge is 0.378 e. The fourth-order valence-electron chi connectivity index (χ4n) is 3.97. The van der Waals surface area contributed by atoms with Gasteiger partial charge in [0.15, 0.2) is 6.10 Å². The van der Waals surface area contributed by atoms with Crippen LogP contribution < -0.4 is 5.43 Å². The number of nitrogens with zero attached hydrogens (tertiary/aromatic N) is 1. The second-order valence-corrected chi connectivity index (χ2v) is 6.30. The van der Waals surface area contributed by atoms with E-state index in [1.807, 2.05) is 12.2 Å². The third-order valence-corrected chi connectivity index (χ3v) is 5.06. The van der Waals surface area contributed by atoms with E-state index in [4.69, 9.17) is 0 Å². The Balaban J connectivity index is 1.51. The van der Waals surface area contributed by atoms with Crippen LogP contribution >= 0.6 is 0 Å². The summed E-state index contributed by atoms with van der Waals surface area (Å²) in [6.07, 6.45) is 3.39. The molecule has 1 saturated heterocycles. The number of aliphatic hydroxyl groups is 1. The van der Waals surface area contributed by atoms with Gasteiger partial charge in [0.2, 0.25) is 0 Å². The highest BCUT2D eigenvalue weighted by atomic mass is 16.3. The molecule has 0 spiro atoms. The van der Waals surface area contributed by atoms with Gasteiger partial charge in [0.05, 0.1) is 11.8 Å². The summed E-state index contributed by atoms with van der Waals surface area (Å²) in [6.45, 7) is 0. The number of nitrogens with one attached hydrogen (secondary N) is 1. The van der Waals surface area contributed by atoms with E-state index in [0.29, 0.717) is 5.56 Å². The lowest BCUT2D eigenvalue weighted by molar-refractivity contribution is -0.152. The number of carbonyl (C=O) groups excluding carboxylic acids is 3. The van der Waals surface area contributed by atoms with Crippen molar-refractivity contribution in [3.05, 3.63) is 48.0 Å². The molecule has 1 aromatic rings. The summed E-state index contributed by atoms with van der Waals surface area (Å²) in [7, 11) is 0. The molecule has 2 fully saturated rings. The number of benzene rings is 1. The number of amides is 3. The third kappa shape index (κ3) is 2.02. The van der Waals surface area contributed by atoms with Gasteiger partial charge in [0.25, 0.3) is 17.7 Å². The Hall–Kier alpha value is -2.47. The number of imide groups is 1. The number of hydrogen-bond donors (Lipinski definition) is 2. The Bertz CT molecular complexity index is 685. The van der Waals surface area contributed by atoms with Gasteiger partial charge in [-0.1, -0.05) is 42.5 Å². The minimum Gasteiger partial charge on any atom is -0.378 e. The number of aliphatic hydroxyl groups excluding tert-OH is 1. The Labute approximate surface area is 132 Å². The maximum atomic E-state index is 12.5. The second-order valence-electron chi connectivity index (χ2n) is 6.30. The fraction of sp³-hybridized carbons (Fsp3) is 0.353.